The van der Waals surface area contributed by atoms with Crippen molar-refractivity contribution in [2.75, 3.05) is 24.5 Å². The third-order valence-corrected chi connectivity index (χ3v) is 5.50. The summed E-state index contributed by atoms with van der Waals surface area (Å²) in [5.41, 5.74) is 13.3. The van der Waals surface area contributed by atoms with Crippen LogP contribution in [0, 0.1) is 11.7 Å². The van der Waals surface area contributed by atoms with E-state index in [-0.39, 0.29) is 23.6 Å². The molecule has 7 N–H and O–H groups in total. The first-order chi connectivity index (χ1) is 14.8. The molecule has 2 atom stereocenters. The zero-order valence-corrected chi connectivity index (χ0v) is 18.2. The third-order valence-electron chi connectivity index (χ3n) is 5.50. The molecule has 0 unspecified atom stereocenters. The normalized spacial score (nSPS) is 15.2. The predicted octanol–water partition coefficient (Wildman–Crippen LogP) is 3.11. The predicted molar refractivity (Wildman–Crippen MR) is 122 cm³/mol. The molecule has 0 bridgehead atoms. The van der Waals surface area contributed by atoms with Crippen molar-refractivity contribution in [2.24, 2.45) is 23.2 Å². The molecule has 1 aromatic heterocycles. The molecule has 1 aliphatic rings. The average Bonchev–Trinajstić information content (AvgIpc) is 3.59. The highest BCUT2D eigenvalue weighted by Gasteiger charge is 2.39. The Morgan fingerprint density at radius 2 is 1.87 bits per heavy atom. The Morgan fingerprint density at radius 1 is 1.26 bits per heavy atom. The Balaban J connectivity index is 2.03. The quantitative estimate of drug-likeness (QED) is 0.335. The van der Waals surface area contributed by atoms with Gasteiger partial charge in [-0.1, -0.05) is 13.5 Å². The van der Waals surface area contributed by atoms with Gasteiger partial charge in [0.2, 0.25) is 0 Å². The van der Waals surface area contributed by atoms with Crippen molar-refractivity contribution in [3.63, 3.8) is 0 Å². The SMILES string of the molecule is C=C(N)c1cc(F)c(N(N)[C@H](C2CC2)[C@@H](N)CC)nc1Nc1cc(OC)cc(OC)c1. The molecule has 2 aromatic rings. The maximum atomic E-state index is 15.0. The second-order valence-corrected chi connectivity index (χ2v) is 7.75. The number of pyridine rings is 1. The zero-order chi connectivity index (χ0) is 22.7. The van der Waals surface area contributed by atoms with Gasteiger partial charge in [-0.2, -0.15) is 0 Å². The van der Waals surface area contributed by atoms with E-state index in [9.17, 15) is 0 Å². The molecule has 0 saturated heterocycles. The van der Waals surface area contributed by atoms with Crippen LogP contribution in [-0.4, -0.2) is 31.3 Å². The number of benzene rings is 1. The van der Waals surface area contributed by atoms with Gasteiger partial charge in [0.25, 0.3) is 0 Å². The van der Waals surface area contributed by atoms with Gasteiger partial charge in [-0.15, -0.1) is 0 Å². The second kappa shape index (κ2) is 9.40. The van der Waals surface area contributed by atoms with Crippen LogP contribution in [-0.2, 0) is 0 Å². The van der Waals surface area contributed by atoms with E-state index < -0.39 is 5.82 Å². The first-order valence-electron chi connectivity index (χ1n) is 10.2. The summed E-state index contributed by atoms with van der Waals surface area (Å²) in [5, 5.41) is 4.52. The van der Waals surface area contributed by atoms with Gasteiger partial charge in [0.15, 0.2) is 11.6 Å². The van der Waals surface area contributed by atoms with E-state index in [1.165, 1.54) is 11.1 Å². The van der Waals surface area contributed by atoms with E-state index in [0.29, 0.717) is 34.5 Å². The summed E-state index contributed by atoms with van der Waals surface area (Å²) in [7, 11) is 3.11. The minimum atomic E-state index is -0.591. The standard InChI is InChI=1S/C22H31FN6O2/c1-5-19(25)20(13-6-7-13)29(26)22-18(23)11-17(12(2)24)21(28-22)27-14-8-15(30-3)10-16(9-14)31-4/h8-11,13,19-20H,2,5-7,24-26H2,1,3-4H3,(H,27,28)/t19-,20+/m0/s1. The molecule has 0 spiro atoms. The number of anilines is 3. The number of aromatic nitrogens is 1. The molecule has 8 nitrogen and oxygen atoms in total. The molecule has 3 rings (SSSR count). The van der Waals surface area contributed by atoms with Crippen LogP contribution in [0.4, 0.5) is 21.7 Å². The Labute approximate surface area is 182 Å². The number of ether oxygens (including phenoxy) is 2. The lowest BCUT2D eigenvalue weighted by Crippen LogP contribution is -2.53. The van der Waals surface area contributed by atoms with Gasteiger partial charge in [-0.25, -0.2) is 15.2 Å². The van der Waals surface area contributed by atoms with Gasteiger partial charge in [0.1, 0.15) is 17.3 Å². The second-order valence-electron chi connectivity index (χ2n) is 7.75. The van der Waals surface area contributed by atoms with Crippen LogP contribution < -0.4 is 37.1 Å². The van der Waals surface area contributed by atoms with Gasteiger partial charge in [-0.3, -0.25) is 5.01 Å². The lowest BCUT2D eigenvalue weighted by Gasteiger charge is -2.33. The van der Waals surface area contributed by atoms with Crippen LogP contribution in [0.1, 0.15) is 31.7 Å². The minimum Gasteiger partial charge on any atom is -0.497 e. The van der Waals surface area contributed by atoms with Crippen LogP contribution in [0.15, 0.2) is 30.8 Å². The fraction of sp³-hybridized carbons (Fsp3) is 0.409. The van der Waals surface area contributed by atoms with E-state index >= 15 is 4.39 Å². The van der Waals surface area contributed by atoms with Gasteiger partial charge < -0.3 is 26.3 Å². The summed E-state index contributed by atoms with van der Waals surface area (Å²) >= 11 is 0. The molecule has 1 aromatic carbocycles. The number of halogens is 1. The number of nitrogens with two attached hydrogens (primary N) is 3. The van der Waals surface area contributed by atoms with Crippen LogP contribution in [0.5, 0.6) is 11.5 Å². The number of nitrogens with one attached hydrogen (secondary N) is 1. The van der Waals surface area contributed by atoms with Crippen LogP contribution >= 0.6 is 0 Å². The lowest BCUT2D eigenvalue weighted by molar-refractivity contribution is 0.395. The Bertz CT molecular complexity index is 928. The minimum absolute atomic E-state index is 0.00293. The van der Waals surface area contributed by atoms with Crippen molar-refractivity contribution >= 4 is 23.0 Å². The molecule has 0 radical (unpaired) electrons. The number of nitrogens with zero attached hydrogens (tertiary/aromatic N) is 2. The molecule has 31 heavy (non-hydrogen) atoms. The van der Waals surface area contributed by atoms with E-state index in [0.717, 1.165) is 19.3 Å². The van der Waals surface area contributed by atoms with Crippen molar-refractivity contribution in [1.82, 2.24) is 4.98 Å². The molecule has 1 aliphatic carbocycles. The number of hydrazine groups is 1. The average molecular weight is 431 g/mol. The summed E-state index contributed by atoms with van der Waals surface area (Å²) in [6.45, 7) is 5.73. The number of rotatable bonds is 10. The maximum Gasteiger partial charge on any atom is 0.181 e. The Kier molecular flexibility index (Phi) is 6.87. The Morgan fingerprint density at radius 3 is 2.35 bits per heavy atom. The van der Waals surface area contributed by atoms with Crippen LogP contribution in [0.25, 0.3) is 5.70 Å². The first-order valence-corrected chi connectivity index (χ1v) is 10.2. The summed E-state index contributed by atoms with van der Waals surface area (Å²) in [6, 6.07) is 6.15. The van der Waals surface area contributed by atoms with E-state index in [4.69, 9.17) is 26.8 Å². The third kappa shape index (κ3) is 5.00. The highest BCUT2D eigenvalue weighted by atomic mass is 19.1. The monoisotopic (exact) mass is 430 g/mol. The van der Waals surface area contributed by atoms with Gasteiger partial charge in [-0.05, 0) is 31.2 Å². The van der Waals surface area contributed by atoms with E-state index in [1.807, 2.05) is 6.92 Å². The summed E-state index contributed by atoms with van der Waals surface area (Å²) in [4.78, 5) is 4.48. The van der Waals surface area contributed by atoms with Crippen molar-refractivity contribution < 1.29 is 13.9 Å². The van der Waals surface area contributed by atoms with Crippen molar-refractivity contribution in [3.05, 3.63) is 42.2 Å². The molecular formula is C22H31FN6O2. The molecule has 0 aliphatic heterocycles. The van der Waals surface area contributed by atoms with Crippen molar-refractivity contribution in [3.8, 4) is 11.5 Å². The molecular weight excluding hydrogens is 399 g/mol. The smallest absolute Gasteiger partial charge is 0.181 e. The van der Waals surface area contributed by atoms with Crippen molar-refractivity contribution in [1.29, 1.82) is 0 Å². The highest BCUT2D eigenvalue weighted by Crippen LogP contribution is 2.39. The Hall–Kier alpha value is -3.04. The van der Waals surface area contributed by atoms with Gasteiger partial charge in [0, 0.05) is 41.2 Å². The summed E-state index contributed by atoms with van der Waals surface area (Å²) in [6.07, 6.45) is 2.75. The molecule has 1 heterocycles. The van der Waals surface area contributed by atoms with Crippen LogP contribution in [0.3, 0.4) is 0 Å². The van der Waals surface area contributed by atoms with E-state index in [2.05, 4.69) is 16.9 Å². The van der Waals surface area contributed by atoms with Gasteiger partial charge in [0.05, 0.1) is 20.3 Å². The molecule has 168 valence electrons. The fourth-order valence-electron chi connectivity index (χ4n) is 3.62. The number of hydrogen-bond donors (Lipinski definition) is 4. The summed E-state index contributed by atoms with van der Waals surface area (Å²) < 4.78 is 25.7. The molecule has 1 fully saturated rings. The fourth-order valence-corrected chi connectivity index (χ4v) is 3.62. The van der Waals surface area contributed by atoms with Crippen molar-refractivity contribution in [2.45, 2.75) is 38.3 Å². The first kappa shape index (κ1) is 22.6. The largest absolute Gasteiger partial charge is 0.497 e. The topological polar surface area (TPSA) is 125 Å². The number of methoxy groups -OCH3 is 2. The van der Waals surface area contributed by atoms with Gasteiger partial charge >= 0.3 is 0 Å². The van der Waals surface area contributed by atoms with E-state index in [1.54, 1.807) is 32.4 Å². The molecule has 0 amide bonds. The molecule has 9 heteroatoms. The van der Waals surface area contributed by atoms with Crippen LogP contribution in [0.2, 0.25) is 0 Å². The summed E-state index contributed by atoms with van der Waals surface area (Å²) in [5.74, 6) is 7.58. The highest BCUT2D eigenvalue weighted by molar-refractivity contribution is 5.76. The maximum absolute atomic E-state index is 15.0. The number of hydrogen-bond acceptors (Lipinski definition) is 8. The lowest BCUT2D eigenvalue weighted by atomic mass is 10.0. The molecule has 1 saturated carbocycles. The zero-order valence-electron chi connectivity index (χ0n) is 18.2.